The SMILES string of the molecule is CC(=O)OC(C)=O.CC(=O)OC[C@H]1O[C@@H](OC(C)=O)[C@H](OC(C)=O)[C@@H]1OC(C)=O.OC[C@H]1O[C@@H](O)[C@H](O)[C@@H]1O. The number of hydrogen-bond donors (Lipinski definition) is 4. The zero-order valence-corrected chi connectivity index (χ0v) is 22.1. The molecule has 2 fully saturated rings. The Labute approximate surface area is 222 Å². The molecule has 39 heavy (non-hydrogen) atoms. The highest BCUT2D eigenvalue weighted by Gasteiger charge is 2.51. The third-order valence-electron chi connectivity index (χ3n) is 4.41. The number of esters is 6. The normalized spacial score (nSPS) is 28.9. The molecule has 0 aromatic rings. The molecule has 0 aliphatic carbocycles. The molecule has 0 spiro atoms. The lowest BCUT2D eigenvalue weighted by Crippen LogP contribution is -2.42. The summed E-state index contributed by atoms with van der Waals surface area (Å²) in [7, 11) is 0. The Kier molecular flexibility index (Phi) is 15.9. The molecular weight excluding hydrogens is 536 g/mol. The molecule has 2 saturated heterocycles. The highest BCUT2D eigenvalue weighted by molar-refractivity contribution is 5.82. The van der Waals surface area contributed by atoms with Crippen LogP contribution in [0.4, 0.5) is 0 Å². The van der Waals surface area contributed by atoms with Gasteiger partial charge in [0.05, 0.1) is 6.61 Å². The average molecular weight is 570 g/mol. The van der Waals surface area contributed by atoms with Gasteiger partial charge in [-0.1, -0.05) is 0 Å². The molecule has 8 atom stereocenters. The number of aliphatic hydroxyl groups excluding tert-OH is 4. The first-order chi connectivity index (χ1) is 18.0. The number of rotatable bonds is 6. The first-order valence-corrected chi connectivity index (χ1v) is 11.3. The van der Waals surface area contributed by atoms with Gasteiger partial charge in [-0.05, 0) is 0 Å². The summed E-state index contributed by atoms with van der Waals surface area (Å²) in [5, 5.41) is 35.0. The van der Waals surface area contributed by atoms with E-state index in [1.54, 1.807) is 0 Å². The van der Waals surface area contributed by atoms with Crippen LogP contribution in [-0.2, 0) is 61.9 Å². The van der Waals surface area contributed by atoms with Gasteiger partial charge >= 0.3 is 35.8 Å². The van der Waals surface area contributed by atoms with Crippen molar-refractivity contribution in [3.05, 3.63) is 0 Å². The topological polar surface area (TPSA) is 248 Å². The van der Waals surface area contributed by atoms with Crippen molar-refractivity contribution in [2.24, 2.45) is 0 Å². The summed E-state index contributed by atoms with van der Waals surface area (Å²) in [5.74, 6) is -3.68. The van der Waals surface area contributed by atoms with E-state index in [2.05, 4.69) is 9.47 Å². The minimum absolute atomic E-state index is 0.247. The van der Waals surface area contributed by atoms with Crippen molar-refractivity contribution in [2.45, 2.75) is 90.7 Å². The zero-order chi connectivity index (χ0) is 30.4. The van der Waals surface area contributed by atoms with Crippen LogP contribution < -0.4 is 0 Å². The molecule has 0 unspecified atom stereocenters. The number of ether oxygens (including phenoxy) is 7. The summed E-state index contributed by atoms with van der Waals surface area (Å²) in [6, 6.07) is 0. The molecule has 0 radical (unpaired) electrons. The third kappa shape index (κ3) is 13.9. The Bertz CT molecular complexity index is 846. The van der Waals surface area contributed by atoms with Crippen LogP contribution in [0.2, 0.25) is 0 Å². The van der Waals surface area contributed by atoms with E-state index in [4.69, 9.17) is 44.1 Å². The standard InChI is InChI=1S/C13H18O9.C5H10O5.C4H6O3/c1-6(14)18-5-10-11(19-7(2)15)12(20-8(3)16)13(22-10)21-9(4)17;6-1-2-3(7)4(8)5(9)10-2;1-3(5)7-4(2)6/h10-13H,5H2,1-4H3;2-9H,1H2;1-2H3/t10-,11-,12-,13-;2-,3-,4-,5-;/m11./s1. The van der Waals surface area contributed by atoms with Gasteiger partial charge in [0.25, 0.3) is 0 Å². The maximum atomic E-state index is 11.2. The van der Waals surface area contributed by atoms with E-state index in [-0.39, 0.29) is 6.61 Å². The van der Waals surface area contributed by atoms with Crippen LogP contribution in [-0.4, -0.2) is 119 Å². The van der Waals surface area contributed by atoms with Gasteiger partial charge in [-0.3, -0.25) is 28.8 Å². The van der Waals surface area contributed by atoms with E-state index in [1.807, 2.05) is 0 Å². The molecular formula is C22H34O17. The van der Waals surface area contributed by atoms with E-state index >= 15 is 0 Å². The van der Waals surface area contributed by atoms with Crippen LogP contribution >= 0.6 is 0 Å². The summed E-state index contributed by atoms with van der Waals surface area (Å²) >= 11 is 0. The van der Waals surface area contributed by atoms with Crippen molar-refractivity contribution in [2.75, 3.05) is 13.2 Å². The fourth-order valence-electron chi connectivity index (χ4n) is 3.02. The quantitative estimate of drug-likeness (QED) is 0.143. The van der Waals surface area contributed by atoms with Gasteiger partial charge in [-0.25, -0.2) is 0 Å². The van der Waals surface area contributed by atoms with Crippen LogP contribution in [0.3, 0.4) is 0 Å². The fourth-order valence-corrected chi connectivity index (χ4v) is 3.02. The zero-order valence-electron chi connectivity index (χ0n) is 22.1. The summed E-state index contributed by atoms with van der Waals surface area (Å²) in [6.45, 7) is 6.36. The lowest BCUT2D eigenvalue weighted by molar-refractivity contribution is -0.197. The Morgan fingerprint density at radius 1 is 0.615 bits per heavy atom. The van der Waals surface area contributed by atoms with Crippen molar-refractivity contribution >= 4 is 35.8 Å². The Hall–Kier alpha value is -3.22. The fraction of sp³-hybridized carbons (Fsp3) is 0.727. The molecule has 2 rings (SSSR count). The van der Waals surface area contributed by atoms with E-state index in [9.17, 15) is 28.8 Å². The van der Waals surface area contributed by atoms with Crippen LogP contribution in [0, 0.1) is 0 Å². The van der Waals surface area contributed by atoms with E-state index < -0.39 is 91.6 Å². The van der Waals surface area contributed by atoms with Crippen molar-refractivity contribution < 1.29 is 82.4 Å². The summed E-state index contributed by atoms with van der Waals surface area (Å²) in [6.07, 6.45) is -9.15. The van der Waals surface area contributed by atoms with Crippen molar-refractivity contribution in [3.63, 3.8) is 0 Å². The van der Waals surface area contributed by atoms with Crippen LogP contribution in [0.5, 0.6) is 0 Å². The molecule has 2 aliphatic heterocycles. The smallest absolute Gasteiger partial charge is 0.310 e. The largest absolute Gasteiger partial charge is 0.463 e. The van der Waals surface area contributed by atoms with Gasteiger partial charge < -0.3 is 53.6 Å². The maximum absolute atomic E-state index is 11.2. The number of aliphatic hydroxyl groups is 4. The molecule has 0 bridgehead atoms. The van der Waals surface area contributed by atoms with Gasteiger partial charge in [-0.2, -0.15) is 0 Å². The maximum Gasteiger partial charge on any atom is 0.310 e. The predicted octanol–water partition coefficient (Wildman–Crippen LogP) is -2.79. The Morgan fingerprint density at radius 3 is 1.41 bits per heavy atom. The van der Waals surface area contributed by atoms with Gasteiger partial charge in [0.15, 0.2) is 12.4 Å². The highest BCUT2D eigenvalue weighted by Crippen LogP contribution is 2.28. The molecule has 2 heterocycles. The van der Waals surface area contributed by atoms with E-state index in [0.717, 1.165) is 20.8 Å². The van der Waals surface area contributed by atoms with Crippen molar-refractivity contribution in [1.29, 1.82) is 0 Å². The minimum Gasteiger partial charge on any atom is -0.463 e. The lowest BCUT2D eigenvalue weighted by Gasteiger charge is -2.22. The molecule has 0 aromatic carbocycles. The highest BCUT2D eigenvalue weighted by atomic mass is 16.8. The molecule has 0 aromatic heterocycles. The Morgan fingerprint density at radius 2 is 1.10 bits per heavy atom. The van der Waals surface area contributed by atoms with Gasteiger partial charge in [0.1, 0.15) is 31.0 Å². The second-order valence-electron chi connectivity index (χ2n) is 7.92. The Balaban J connectivity index is 0.000000694. The van der Waals surface area contributed by atoms with Crippen LogP contribution in [0.15, 0.2) is 0 Å². The summed E-state index contributed by atoms with van der Waals surface area (Å²) in [5.41, 5.74) is 0. The van der Waals surface area contributed by atoms with Gasteiger partial charge in [-0.15, -0.1) is 0 Å². The van der Waals surface area contributed by atoms with Gasteiger partial charge in [0, 0.05) is 41.5 Å². The number of carbonyl (C=O) groups is 6. The third-order valence-corrected chi connectivity index (χ3v) is 4.41. The second kappa shape index (κ2) is 17.4. The molecule has 4 N–H and O–H groups in total. The number of carbonyl (C=O) groups excluding carboxylic acids is 6. The summed E-state index contributed by atoms with van der Waals surface area (Å²) in [4.78, 5) is 64.0. The average Bonchev–Trinajstić information content (AvgIpc) is 3.22. The number of hydrogen-bond acceptors (Lipinski definition) is 17. The molecule has 2 aliphatic rings. The molecule has 224 valence electrons. The predicted molar refractivity (Wildman–Crippen MR) is 121 cm³/mol. The molecule has 17 heteroatoms. The van der Waals surface area contributed by atoms with Crippen molar-refractivity contribution in [3.8, 4) is 0 Å². The monoisotopic (exact) mass is 570 g/mol. The van der Waals surface area contributed by atoms with E-state index in [0.29, 0.717) is 0 Å². The minimum atomic E-state index is -1.38. The van der Waals surface area contributed by atoms with Crippen LogP contribution in [0.1, 0.15) is 41.5 Å². The molecule has 0 amide bonds. The molecule has 17 nitrogen and oxygen atoms in total. The van der Waals surface area contributed by atoms with Crippen molar-refractivity contribution in [1.82, 2.24) is 0 Å². The van der Waals surface area contributed by atoms with Gasteiger partial charge in [0.2, 0.25) is 12.4 Å². The summed E-state index contributed by atoms with van der Waals surface area (Å²) < 4.78 is 33.7. The first-order valence-electron chi connectivity index (χ1n) is 11.3. The molecule has 0 saturated carbocycles. The van der Waals surface area contributed by atoms with Crippen LogP contribution in [0.25, 0.3) is 0 Å². The van der Waals surface area contributed by atoms with E-state index in [1.165, 1.54) is 20.8 Å². The first kappa shape index (κ1) is 35.8. The second-order valence-corrected chi connectivity index (χ2v) is 7.92. The lowest BCUT2D eigenvalue weighted by atomic mass is 10.1.